The van der Waals surface area contributed by atoms with Crippen molar-refractivity contribution in [1.82, 2.24) is 9.78 Å². The van der Waals surface area contributed by atoms with Crippen molar-refractivity contribution in [2.24, 2.45) is 7.05 Å². The van der Waals surface area contributed by atoms with Crippen LogP contribution in [0, 0.1) is 17.0 Å². The van der Waals surface area contributed by atoms with Crippen molar-refractivity contribution in [2.75, 3.05) is 0 Å². The number of ether oxygens (including phenoxy) is 1. The molecule has 0 aliphatic heterocycles. The van der Waals surface area contributed by atoms with Gasteiger partial charge in [-0.05, 0) is 25.1 Å². The molecule has 0 unspecified atom stereocenters. The van der Waals surface area contributed by atoms with E-state index in [1.165, 1.54) is 4.68 Å². The van der Waals surface area contributed by atoms with E-state index in [9.17, 15) is 10.1 Å². The van der Waals surface area contributed by atoms with Crippen molar-refractivity contribution in [2.45, 2.75) is 6.92 Å². The fraction of sp³-hybridized carbons (Fsp3) is 0.182. The Morgan fingerprint density at radius 3 is 2.83 bits per heavy atom. The molecule has 1 heterocycles. The first-order valence-corrected chi connectivity index (χ1v) is 5.89. The topological polar surface area (TPSA) is 70.2 Å². The lowest BCUT2D eigenvalue weighted by molar-refractivity contribution is -0.386. The molecule has 0 N–H and O–H groups in total. The smallest absolute Gasteiger partial charge is 0.353 e. The predicted octanol–water partition coefficient (Wildman–Crippen LogP) is 3.19. The van der Waals surface area contributed by atoms with Gasteiger partial charge in [0, 0.05) is 11.5 Å². The number of halogens is 1. The second kappa shape index (κ2) is 4.77. The molecule has 0 saturated carbocycles. The lowest BCUT2D eigenvalue weighted by Crippen LogP contribution is -1.97. The Morgan fingerprint density at radius 1 is 1.50 bits per heavy atom. The largest absolute Gasteiger partial charge is 0.434 e. The van der Waals surface area contributed by atoms with Gasteiger partial charge in [-0.25, -0.2) is 4.68 Å². The molecule has 94 valence electrons. The molecule has 0 radical (unpaired) electrons. The maximum atomic E-state index is 11.0. The van der Waals surface area contributed by atoms with Crippen LogP contribution < -0.4 is 4.74 Å². The average Bonchev–Trinajstić information content (AvgIpc) is 2.53. The lowest BCUT2D eigenvalue weighted by atomic mass is 10.3. The van der Waals surface area contributed by atoms with Gasteiger partial charge >= 0.3 is 5.69 Å². The first-order valence-electron chi connectivity index (χ1n) is 5.10. The van der Waals surface area contributed by atoms with E-state index < -0.39 is 4.92 Å². The summed E-state index contributed by atoms with van der Waals surface area (Å²) in [5.41, 5.74) is 0.213. The van der Waals surface area contributed by atoms with E-state index in [1.807, 2.05) is 6.07 Å². The summed E-state index contributed by atoms with van der Waals surface area (Å²) in [5, 5.41) is 15.0. The Bertz CT molecular complexity index is 610. The average molecular weight is 312 g/mol. The van der Waals surface area contributed by atoms with Crippen LogP contribution in [0.25, 0.3) is 0 Å². The number of aryl methyl sites for hydroxylation is 2. The minimum Gasteiger partial charge on any atom is -0.434 e. The maximum absolute atomic E-state index is 11.0. The van der Waals surface area contributed by atoms with Crippen molar-refractivity contribution < 1.29 is 9.66 Å². The molecule has 18 heavy (non-hydrogen) atoms. The van der Waals surface area contributed by atoms with Gasteiger partial charge in [-0.3, -0.25) is 10.1 Å². The van der Waals surface area contributed by atoms with Crippen LogP contribution in [-0.4, -0.2) is 14.7 Å². The van der Waals surface area contributed by atoms with Crippen molar-refractivity contribution in [1.29, 1.82) is 0 Å². The lowest BCUT2D eigenvalue weighted by Gasteiger charge is -2.05. The number of rotatable bonds is 3. The standard InChI is InChI=1S/C11H10BrN3O3/c1-7-10(15(16)17)11(14(2)13-7)18-9-5-3-4-8(12)6-9/h3-6H,1-2H3. The highest BCUT2D eigenvalue weighted by Crippen LogP contribution is 2.34. The second-order valence-corrected chi connectivity index (χ2v) is 4.59. The van der Waals surface area contributed by atoms with Crippen LogP contribution in [0.1, 0.15) is 5.69 Å². The van der Waals surface area contributed by atoms with E-state index in [0.717, 1.165) is 4.47 Å². The van der Waals surface area contributed by atoms with E-state index >= 15 is 0 Å². The molecule has 7 heteroatoms. The van der Waals surface area contributed by atoms with E-state index in [2.05, 4.69) is 21.0 Å². The molecule has 0 aliphatic rings. The normalized spacial score (nSPS) is 10.4. The highest BCUT2D eigenvalue weighted by atomic mass is 79.9. The van der Waals surface area contributed by atoms with Crippen molar-refractivity contribution >= 4 is 21.6 Å². The van der Waals surface area contributed by atoms with Gasteiger partial charge < -0.3 is 4.74 Å². The Morgan fingerprint density at radius 2 is 2.22 bits per heavy atom. The molecule has 2 aromatic rings. The molecule has 6 nitrogen and oxygen atoms in total. The molecule has 0 saturated heterocycles. The molecule has 0 bridgehead atoms. The number of hydrogen-bond donors (Lipinski definition) is 0. The number of nitrogens with zero attached hydrogens (tertiary/aromatic N) is 3. The summed E-state index contributed by atoms with van der Waals surface area (Å²) in [5.74, 6) is 0.631. The third-order valence-electron chi connectivity index (χ3n) is 2.33. The van der Waals surface area contributed by atoms with Crippen molar-refractivity contribution in [3.8, 4) is 11.6 Å². The van der Waals surface area contributed by atoms with Crippen LogP contribution in [-0.2, 0) is 7.05 Å². The Labute approximate surface area is 111 Å². The van der Waals surface area contributed by atoms with E-state index in [0.29, 0.717) is 11.4 Å². The zero-order chi connectivity index (χ0) is 13.3. The quantitative estimate of drug-likeness (QED) is 0.644. The zero-order valence-corrected chi connectivity index (χ0v) is 11.3. The molecule has 0 atom stereocenters. The van der Waals surface area contributed by atoms with Gasteiger partial charge in [-0.15, -0.1) is 0 Å². The molecule has 0 aliphatic carbocycles. The molecule has 0 amide bonds. The highest BCUT2D eigenvalue weighted by Gasteiger charge is 2.26. The minimum absolute atomic E-state index is 0.113. The summed E-state index contributed by atoms with van der Waals surface area (Å²) in [6.07, 6.45) is 0. The fourth-order valence-corrected chi connectivity index (χ4v) is 1.97. The van der Waals surface area contributed by atoms with E-state index in [-0.39, 0.29) is 11.6 Å². The number of benzene rings is 1. The van der Waals surface area contributed by atoms with Gasteiger partial charge in [0.05, 0.1) is 4.92 Å². The molecule has 1 aromatic heterocycles. The predicted molar refractivity (Wildman–Crippen MR) is 68.8 cm³/mol. The van der Waals surface area contributed by atoms with Gasteiger partial charge in [0.25, 0.3) is 5.88 Å². The number of aromatic nitrogens is 2. The SMILES string of the molecule is Cc1nn(C)c(Oc2cccc(Br)c2)c1[N+](=O)[O-]. The van der Waals surface area contributed by atoms with Gasteiger partial charge in [0.1, 0.15) is 11.4 Å². The summed E-state index contributed by atoms with van der Waals surface area (Å²) in [7, 11) is 1.60. The van der Waals surface area contributed by atoms with E-state index in [4.69, 9.17) is 4.74 Å². The Balaban J connectivity index is 2.43. The van der Waals surface area contributed by atoms with E-state index in [1.54, 1.807) is 32.2 Å². The monoisotopic (exact) mass is 311 g/mol. The van der Waals surface area contributed by atoms with Crippen LogP contribution in [0.5, 0.6) is 11.6 Å². The number of hydrogen-bond acceptors (Lipinski definition) is 4. The molecule has 2 rings (SSSR count). The zero-order valence-electron chi connectivity index (χ0n) is 9.75. The van der Waals surface area contributed by atoms with Crippen LogP contribution in [0.4, 0.5) is 5.69 Å². The van der Waals surface area contributed by atoms with Gasteiger partial charge in [-0.2, -0.15) is 5.10 Å². The van der Waals surface area contributed by atoms with Crippen LogP contribution in [0.15, 0.2) is 28.7 Å². The summed E-state index contributed by atoms with van der Waals surface area (Å²) in [6, 6.07) is 7.08. The van der Waals surface area contributed by atoms with Gasteiger partial charge in [0.2, 0.25) is 0 Å². The molecule has 0 fully saturated rings. The molecular formula is C11H10BrN3O3. The van der Waals surface area contributed by atoms with Crippen LogP contribution in [0.3, 0.4) is 0 Å². The third-order valence-corrected chi connectivity index (χ3v) is 2.83. The van der Waals surface area contributed by atoms with Crippen molar-refractivity contribution in [3.05, 3.63) is 44.5 Å². The summed E-state index contributed by atoms with van der Waals surface area (Å²) >= 11 is 3.31. The Hall–Kier alpha value is -1.89. The van der Waals surface area contributed by atoms with Crippen LogP contribution in [0.2, 0.25) is 0 Å². The molecule has 1 aromatic carbocycles. The van der Waals surface area contributed by atoms with Gasteiger partial charge in [0.15, 0.2) is 0 Å². The summed E-state index contributed by atoms with van der Waals surface area (Å²) in [4.78, 5) is 10.5. The maximum Gasteiger partial charge on any atom is 0.353 e. The number of nitro groups is 1. The Kier molecular flexibility index (Phi) is 3.33. The highest BCUT2D eigenvalue weighted by molar-refractivity contribution is 9.10. The second-order valence-electron chi connectivity index (χ2n) is 3.68. The van der Waals surface area contributed by atoms with Crippen molar-refractivity contribution in [3.63, 3.8) is 0 Å². The van der Waals surface area contributed by atoms with Crippen LogP contribution >= 0.6 is 15.9 Å². The molecular weight excluding hydrogens is 302 g/mol. The fourth-order valence-electron chi connectivity index (χ4n) is 1.59. The molecule has 0 spiro atoms. The first kappa shape index (κ1) is 12.6. The third kappa shape index (κ3) is 2.35. The summed E-state index contributed by atoms with van der Waals surface area (Å²) < 4.78 is 7.72. The first-order chi connectivity index (χ1) is 8.49. The minimum atomic E-state index is -0.490. The van der Waals surface area contributed by atoms with Gasteiger partial charge in [-0.1, -0.05) is 22.0 Å². The summed E-state index contributed by atoms with van der Waals surface area (Å²) in [6.45, 7) is 1.58.